The first-order chi connectivity index (χ1) is 12.2. The van der Waals surface area contributed by atoms with Crippen LogP contribution in [0.25, 0.3) is 0 Å². The van der Waals surface area contributed by atoms with E-state index >= 15 is 0 Å². The summed E-state index contributed by atoms with van der Waals surface area (Å²) in [6.07, 6.45) is 0. The fourth-order valence-corrected chi connectivity index (χ4v) is 3.14. The summed E-state index contributed by atoms with van der Waals surface area (Å²) < 4.78 is 0. The predicted octanol–water partition coefficient (Wildman–Crippen LogP) is 3.52. The molecule has 3 aromatic rings. The molecule has 0 bridgehead atoms. The van der Waals surface area contributed by atoms with Crippen molar-refractivity contribution in [2.45, 2.75) is 5.03 Å². The summed E-state index contributed by atoms with van der Waals surface area (Å²) in [5.41, 5.74) is 0.755. The molecule has 0 atom stereocenters. The molecule has 8 heteroatoms. The molecule has 0 fully saturated rings. The minimum Gasteiger partial charge on any atom is -0.325 e. The summed E-state index contributed by atoms with van der Waals surface area (Å²) in [4.78, 5) is 24.4. The first kappa shape index (κ1) is 17.1. The molecule has 2 aromatic heterocycles. The molecule has 2 N–H and O–H groups in total. The van der Waals surface area contributed by atoms with Crippen molar-refractivity contribution in [1.29, 1.82) is 0 Å². The molecule has 3 rings (SSSR count). The number of carbonyl (C=O) groups is 2. The van der Waals surface area contributed by atoms with Crippen LogP contribution in [-0.2, 0) is 4.79 Å². The van der Waals surface area contributed by atoms with E-state index in [0.717, 1.165) is 5.69 Å². The number of amides is 2. The summed E-state index contributed by atoms with van der Waals surface area (Å²) in [7, 11) is 0. The molecule has 2 amide bonds. The second-order valence-corrected chi connectivity index (χ2v) is 6.83. The van der Waals surface area contributed by atoms with Gasteiger partial charge in [0.15, 0.2) is 5.82 Å². The van der Waals surface area contributed by atoms with Gasteiger partial charge < -0.3 is 10.6 Å². The Balaban J connectivity index is 1.49. The van der Waals surface area contributed by atoms with E-state index in [9.17, 15) is 9.59 Å². The second kappa shape index (κ2) is 8.41. The van der Waals surface area contributed by atoms with Crippen molar-refractivity contribution < 1.29 is 9.59 Å². The van der Waals surface area contributed by atoms with Gasteiger partial charge in [-0.3, -0.25) is 9.59 Å². The van der Waals surface area contributed by atoms with Crippen molar-refractivity contribution in [3.63, 3.8) is 0 Å². The van der Waals surface area contributed by atoms with E-state index in [4.69, 9.17) is 0 Å². The van der Waals surface area contributed by atoms with Gasteiger partial charge in [-0.25, -0.2) is 0 Å². The summed E-state index contributed by atoms with van der Waals surface area (Å²) >= 11 is 2.63. The molecule has 0 radical (unpaired) electrons. The van der Waals surface area contributed by atoms with Gasteiger partial charge in [-0.1, -0.05) is 36.0 Å². The average Bonchev–Trinajstić information content (AvgIpc) is 3.17. The fourth-order valence-electron chi connectivity index (χ4n) is 1.91. The molecule has 6 nitrogen and oxygen atoms in total. The molecule has 126 valence electrons. The molecular weight excluding hydrogens is 356 g/mol. The zero-order valence-electron chi connectivity index (χ0n) is 13.0. The number of hydrogen-bond acceptors (Lipinski definition) is 6. The Morgan fingerprint density at radius 2 is 1.80 bits per heavy atom. The molecule has 0 aliphatic rings. The maximum absolute atomic E-state index is 11.9. The number of carbonyl (C=O) groups excluding carboxylic acids is 2. The lowest BCUT2D eigenvalue weighted by molar-refractivity contribution is -0.113. The molecule has 0 spiro atoms. The first-order valence-corrected chi connectivity index (χ1v) is 9.23. The summed E-state index contributed by atoms with van der Waals surface area (Å²) in [5, 5.41) is 15.9. The average molecular weight is 370 g/mol. The number of hydrogen-bond donors (Lipinski definition) is 2. The minimum absolute atomic E-state index is 0.118. The van der Waals surface area contributed by atoms with Crippen LogP contribution in [0.4, 0.5) is 11.5 Å². The van der Waals surface area contributed by atoms with E-state index in [1.807, 2.05) is 41.8 Å². The Kier molecular flexibility index (Phi) is 5.76. The number of aromatic nitrogens is 2. The van der Waals surface area contributed by atoms with Crippen LogP contribution in [0.3, 0.4) is 0 Å². The molecule has 2 heterocycles. The summed E-state index contributed by atoms with van der Waals surface area (Å²) in [5.74, 6) is 0.265. The van der Waals surface area contributed by atoms with Crippen LogP contribution in [0.2, 0.25) is 0 Å². The van der Waals surface area contributed by atoms with Crippen LogP contribution in [0.5, 0.6) is 0 Å². The van der Waals surface area contributed by atoms with Gasteiger partial charge in [-0.15, -0.1) is 21.5 Å². The summed E-state index contributed by atoms with van der Waals surface area (Å²) in [6.45, 7) is 0. The van der Waals surface area contributed by atoms with E-state index < -0.39 is 0 Å². The van der Waals surface area contributed by atoms with Crippen LogP contribution >= 0.6 is 23.1 Å². The number of nitrogens with zero attached hydrogens (tertiary/aromatic N) is 2. The molecule has 25 heavy (non-hydrogen) atoms. The third-order valence-corrected chi connectivity index (χ3v) is 4.82. The van der Waals surface area contributed by atoms with Gasteiger partial charge in [0, 0.05) is 5.69 Å². The maximum Gasteiger partial charge on any atom is 0.266 e. The van der Waals surface area contributed by atoms with Crippen molar-refractivity contribution in [2.75, 3.05) is 16.4 Å². The zero-order valence-corrected chi connectivity index (χ0v) is 14.6. The second-order valence-electron chi connectivity index (χ2n) is 4.89. The lowest BCUT2D eigenvalue weighted by Gasteiger charge is -2.05. The number of thiophene rings is 1. The Bertz CT molecular complexity index is 837. The van der Waals surface area contributed by atoms with Gasteiger partial charge in [-0.05, 0) is 35.7 Å². The number of benzene rings is 1. The first-order valence-electron chi connectivity index (χ1n) is 7.37. The normalized spacial score (nSPS) is 10.2. The Morgan fingerprint density at radius 1 is 0.960 bits per heavy atom. The number of anilines is 2. The SMILES string of the molecule is O=C(CSc1ccc(NC(=O)c2cccs2)nn1)Nc1ccccc1. The minimum atomic E-state index is -0.216. The largest absolute Gasteiger partial charge is 0.325 e. The van der Waals surface area contributed by atoms with Gasteiger partial charge in [-0.2, -0.15) is 0 Å². The van der Waals surface area contributed by atoms with Crippen LogP contribution in [0, 0.1) is 0 Å². The molecule has 0 unspecified atom stereocenters. The van der Waals surface area contributed by atoms with Crippen LogP contribution in [0.15, 0.2) is 65.0 Å². The zero-order chi connectivity index (χ0) is 17.5. The highest BCUT2D eigenvalue weighted by Crippen LogP contribution is 2.17. The van der Waals surface area contributed by atoms with Crippen LogP contribution in [-0.4, -0.2) is 27.8 Å². The smallest absolute Gasteiger partial charge is 0.266 e. The number of rotatable bonds is 6. The molecule has 1 aromatic carbocycles. The van der Waals surface area contributed by atoms with Gasteiger partial charge in [0.05, 0.1) is 10.6 Å². The van der Waals surface area contributed by atoms with Crippen LogP contribution < -0.4 is 10.6 Å². The molecule has 0 aliphatic carbocycles. The van der Waals surface area contributed by atoms with Gasteiger partial charge in [0.1, 0.15) is 5.03 Å². The van der Waals surface area contributed by atoms with Gasteiger partial charge in [0.25, 0.3) is 5.91 Å². The third kappa shape index (κ3) is 5.13. The number of nitrogens with one attached hydrogen (secondary N) is 2. The third-order valence-electron chi connectivity index (χ3n) is 3.04. The van der Waals surface area contributed by atoms with Crippen molar-refractivity contribution in [1.82, 2.24) is 10.2 Å². The lowest BCUT2D eigenvalue weighted by Crippen LogP contribution is -2.14. The monoisotopic (exact) mass is 370 g/mol. The van der Waals surface area contributed by atoms with Crippen molar-refractivity contribution in [3.05, 3.63) is 64.9 Å². The molecular formula is C17H14N4O2S2. The lowest BCUT2D eigenvalue weighted by atomic mass is 10.3. The highest BCUT2D eigenvalue weighted by Gasteiger charge is 2.09. The van der Waals surface area contributed by atoms with E-state index in [-0.39, 0.29) is 17.6 Å². The molecule has 0 saturated heterocycles. The fraction of sp³-hybridized carbons (Fsp3) is 0.0588. The van der Waals surface area contributed by atoms with Crippen molar-refractivity contribution >= 4 is 46.4 Å². The van der Waals surface area contributed by atoms with Crippen LogP contribution in [0.1, 0.15) is 9.67 Å². The topological polar surface area (TPSA) is 84.0 Å². The standard InChI is InChI=1S/C17H14N4O2S2/c22-15(18-12-5-2-1-3-6-12)11-25-16-9-8-14(20-21-16)19-17(23)13-7-4-10-24-13/h1-10H,11H2,(H,18,22)(H,19,20,23). The Hall–Kier alpha value is -2.71. The Morgan fingerprint density at radius 3 is 2.48 bits per heavy atom. The highest BCUT2D eigenvalue weighted by molar-refractivity contribution is 7.99. The van der Waals surface area contributed by atoms with E-state index in [0.29, 0.717) is 15.7 Å². The van der Waals surface area contributed by atoms with Gasteiger partial charge >= 0.3 is 0 Å². The summed E-state index contributed by atoms with van der Waals surface area (Å²) in [6, 6.07) is 16.2. The van der Waals surface area contributed by atoms with E-state index in [1.54, 1.807) is 18.2 Å². The van der Waals surface area contributed by atoms with Crippen molar-refractivity contribution in [2.24, 2.45) is 0 Å². The number of thioether (sulfide) groups is 1. The highest BCUT2D eigenvalue weighted by atomic mass is 32.2. The molecule has 0 aliphatic heterocycles. The quantitative estimate of drug-likeness (QED) is 0.649. The molecule has 0 saturated carbocycles. The number of para-hydroxylation sites is 1. The van der Waals surface area contributed by atoms with Gasteiger partial charge in [0.2, 0.25) is 5.91 Å². The maximum atomic E-state index is 11.9. The predicted molar refractivity (Wildman–Crippen MR) is 100 cm³/mol. The van der Waals surface area contributed by atoms with E-state index in [1.165, 1.54) is 23.1 Å². The Labute approximate surface area is 152 Å². The van der Waals surface area contributed by atoms with Crippen molar-refractivity contribution in [3.8, 4) is 0 Å². The van der Waals surface area contributed by atoms with E-state index in [2.05, 4.69) is 20.8 Å².